The molecule has 1 aromatic rings. The maximum atomic E-state index is 12.3. The average molecular weight is 334 g/mol. The molecular formula is C17H22N2O5. The van der Waals surface area contributed by atoms with Gasteiger partial charge < -0.3 is 20.1 Å². The molecule has 0 atom stereocenters. The molecule has 0 unspecified atom stereocenters. The Balaban J connectivity index is 2.08. The number of carbonyl (C=O) groups excluding carboxylic acids is 2. The number of amides is 2. The first-order valence-electron chi connectivity index (χ1n) is 7.77. The summed E-state index contributed by atoms with van der Waals surface area (Å²) in [5, 5.41) is 12.2. The highest BCUT2D eigenvalue weighted by Gasteiger charge is 2.40. The molecule has 1 aliphatic rings. The van der Waals surface area contributed by atoms with Crippen molar-refractivity contribution in [3.8, 4) is 0 Å². The minimum atomic E-state index is -0.995. The van der Waals surface area contributed by atoms with Crippen LogP contribution in [-0.4, -0.2) is 61.6 Å². The van der Waals surface area contributed by atoms with Crippen LogP contribution < -0.4 is 5.32 Å². The standard InChI is InChI=1S/C17H22N2O5/c1-19(2)15(21)13-5-3-4-12(10-13)14(20)18-11-17(16(22)23)6-8-24-9-7-17/h3-5,10H,6-9,11H2,1-2H3,(H,18,20)(H,22,23). The van der Waals surface area contributed by atoms with Crippen molar-refractivity contribution in [2.75, 3.05) is 33.9 Å². The van der Waals surface area contributed by atoms with Crippen molar-refractivity contribution >= 4 is 17.8 Å². The fourth-order valence-corrected chi connectivity index (χ4v) is 2.63. The van der Waals surface area contributed by atoms with Crippen LogP contribution in [0.1, 0.15) is 33.6 Å². The highest BCUT2D eigenvalue weighted by Crippen LogP contribution is 2.30. The number of benzene rings is 1. The number of nitrogens with one attached hydrogen (secondary N) is 1. The molecule has 0 aromatic heterocycles. The van der Waals surface area contributed by atoms with Gasteiger partial charge in [0, 0.05) is 45.0 Å². The van der Waals surface area contributed by atoms with Gasteiger partial charge >= 0.3 is 5.97 Å². The number of ether oxygens (including phenoxy) is 1. The normalized spacial score (nSPS) is 16.2. The lowest BCUT2D eigenvalue weighted by Gasteiger charge is -2.33. The van der Waals surface area contributed by atoms with Crippen LogP contribution in [0.4, 0.5) is 0 Å². The number of nitrogens with zero attached hydrogens (tertiary/aromatic N) is 1. The monoisotopic (exact) mass is 334 g/mol. The Bertz CT molecular complexity index is 636. The summed E-state index contributed by atoms with van der Waals surface area (Å²) in [5.74, 6) is -1.52. The number of rotatable bonds is 5. The summed E-state index contributed by atoms with van der Waals surface area (Å²) in [6.07, 6.45) is 0.726. The third kappa shape index (κ3) is 3.91. The van der Waals surface area contributed by atoms with Crippen molar-refractivity contribution < 1.29 is 24.2 Å². The van der Waals surface area contributed by atoms with Crippen LogP contribution in [-0.2, 0) is 9.53 Å². The maximum Gasteiger partial charge on any atom is 0.311 e. The zero-order valence-corrected chi connectivity index (χ0v) is 13.9. The maximum absolute atomic E-state index is 12.3. The summed E-state index contributed by atoms with van der Waals surface area (Å²) in [6.45, 7) is 0.778. The molecule has 1 fully saturated rings. The second-order valence-corrected chi connectivity index (χ2v) is 6.16. The molecule has 1 aromatic carbocycles. The van der Waals surface area contributed by atoms with E-state index >= 15 is 0 Å². The smallest absolute Gasteiger partial charge is 0.311 e. The molecular weight excluding hydrogens is 312 g/mol. The summed E-state index contributed by atoms with van der Waals surface area (Å²) in [6, 6.07) is 6.37. The molecule has 1 saturated heterocycles. The minimum absolute atomic E-state index is 0.0381. The molecule has 0 spiro atoms. The molecule has 2 N–H and O–H groups in total. The van der Waals surface area contributed by atoms with Gasteiger partial charge in [0.1, 0.15) is 0 Å². The Kier molecular flexibility index (Phi) is 5.56. The van der Waals surface area contributed by atoms with Crippen LogP contribution in [0, 0.1) is 5.41 Å². The highest BCUT2D eigenvalue weighted by molar-refractivity contribution is 5.99. The molecule has 24 heavy (non-hydrogen) atoms. The van der Waals surface area contributed by atoms with Gasteiger partial charge in [-0.3, -0.25) is 14.4 Å². The lowest BCUT2D eigenvalue weighted by molar-refractivity contribution is -0.154. The van der Waals surface area contributed by atoms with Gasteiger partial charge in [-0.25, -0.2) is 0 Å². The van der Waals surface area contributed by atoms with Gasteiger partial charge in [0.15, 0.2) is 0 Å². The first kappa shape index (κ1) is 17.9. The molecule has 1 heterocycles. The number of aliphatic carboxylic acids is 1. The predicted octanol–water partition coefficient (Wildman–Crippen LogP) is 1.000. The fraction of sp³-hybridized carbons (Fsp3) is 0.471. The lowest BCUT2D eigenvalue weighted by atomic mass is 9.80. The van der Waals surface area contributed by atoms with Crippen molar-refractivity contribution in [1.82, 2.24) is 10.2 Å². The number of hydrogen-bond donors (Lipinski definition) is 2. The number of carboxylic acids is 1. The Hall–Kier alpha value is -2.41. The van der Waals surface area contributed by atoms with Crippen LogP contribution in [0.25, 0.3) is 0 Å². The Morgan fingerprint density at radius 3 is 2.42 bits per heavy atom. The largest absolute Gasteiger partial charge is 0.481 e. The lowest BCUT2D eigenvalue weighted by Crippen LogP contribution is -2.46. The first-order chi connectivity index (χ1) is 11.4. The average Bonchev–Trinajstić information content (AvgIpc) is 2.59. The molecule has 0 bridgehead atoms. The summed E-state index contributed by atoms with van der Waals surface area (Å²) >= 11 is 0. The van der Waals surface area contributed by atoms with E-state index in [1.165, 1.54) is 11.0 Å². The van der Waals surface area contributed by atoms with E-state index in [0.717, 1.165) is 0 Å². The van der Waals surface area contributed by atoms with Gasteiger partial charge in [0.2, 0.25) is 0 Å². The molecule has 2 amide bonds. The van der Waals surface area contributed by atoms with Gasteiger partial charge in [-0.2, -0.15) is 0 Å². The van der Waals surface area contributed by atoms with E-state index in [1.807, 2.05) is 0 Å². The first-order valence-corrected chi connectivity index (χ1v) is 7.77. The van der Waals surface area contributed by atoms with E-state index in [9.17, 15) is 19.5 Å². The van der Waals surface area contributed by atoms with E-state index in [0.29, 0.717) is 37.2 Å². The molecule has 0 aliphatic carbocycles. The molecule has 0 saturated carbocycles. The van der Waals surface area contributed by atoms with Gasteiger partial charge in [0.05, 0.1) is 5.41 Å². The minimum Gasteiger partial charge on any atom is -0.481 e. The molecule has 2 rings (SSSR count). The van der Waals surface area contributed by atoms with Gasteiger partial charge in [-0.1, -0.05) is 6.07 Å². The summed E-state index contributed by atoms with van der Waals surface area (Å²) in [5.41, 5.74) is -0.257. The van der Waals surface area contributed by atoms with Crippen molar-refractivity contribution in [3.63, 3.8) is 0 Å². The number of hydrogen-bond acceptors (Lipinski definition) is 4. The molecule has 1 aliphatic heterocycles. The number of carboxylic acid groups (broad SMARTS) is 1. The number of carbonyl (C=O) groups is 3. The summed E-state index contributed by atoms with van der Waals surface area (Å²) in [7, 11) is 3.27. The van der Waals surface area contributed by atoms with E-state index in [2.05, 4.69) is 5.32 Å². The van der Waals surface area contributed by atoms with Crippen LogP contribution in [0.3, 0.4) is 0 Å². The van der Waals surface area contributed by atoms with Gasteiger partial charge in [0.25, 0.3) is 11.8 Å². The SMILES string of the molecule is CN(C)C(=O)c1cccc(C(=O)NCC2(C(=O)O)CCOCC2)c1. The van der Waals surface area contributed by atoms with Crippen molar-refractivity contribution in [1.29, 1.82) is 0 Å². The Labute approximate surface area is 140 Å². The molecule has 130 valence electrons. The molecule has 0 radical (unpaired) electrons. The second-order valence-electron chi connectivity index (χ2n) is 6.16. The van der Waals surface area contributed by atoms with E-state index in [1.54, 1.807) is 32.3 Å². The van der Waals surface area contributed by atoms with E-state index < -0.39 is 17.3 Å². The van der Waals surface area contributed by atoms with Crippen molar-refractivity contribution in [2.24, 2.45) is 5.41 Å². The van der Waals surface area contributed by atoms with Crippen LogP contribution in [0.2, 0.25) is 0 Å². The topological polar surface area (TPSA) is 95.9 Å². The highest BCUT2D eigenvalue weighted by atomic mass is 16.5. The van der Waals surface area contributed by atoms with Crippen LogP contribution in [0.15, 0.2) is 24.3 Å². The van der Waals surface area contributed by atoms with Gasteiger partial charge in [-0.15, -0.1) is 0 Å². The molecule has 7 heteroatoms. The third-order valence-corrected chi connectivity index (χ3v) is 4.27. The van der Waals surface area contributed by atoms with Crippen molar-refractivity contribution in [2.45, 2.75) is 12.8 Å². The zero-order valence-electron chi connectivity index (χ0n) is 13.9. The van der Waals surface area contributed by atoms with Crippen LogP contribution in [0.5, 0.6) is 0 Å². The Morgan fingerprint density at radius 1 is 1.21 bits per heavy atom. The van der Waals surface area contributed by atoms with Gasteiger partial charge in [-0.05, 0) is 31.0 Å². The van der Waals surface area contributed by atoms with Crippen LogP contribution >= 0.6 is 0 Å². The Morgan fingerprint density at radius 2 is 1.83 bits per heavy atom. The third-order valence-electron chi connectivity index (χ3n) is 4.27. The quantitative estimate of drug-likeness (QED) is 0.837. The zero-order chi connectivity index (χ0) is 17.7. The summed E-state index contributed by atoms with van der Waals surface area (Å²) in [4.78, 5) is 37.3. The van der Waals surface area contributed by atoms with E-state index in [-0.39, 0.29) is 12.5 Å². The predicted molar refractivity (Wildman–Crippen MR) is 86.9 cm³/mol. The van der Waals surface area contributed by atoms with Crippen molar-refractivity contribution in [3.05, 3.63) is 35.4 Å². The van der Waals surface area contributed by atoms with E-state index in [4.69, 9.17) is 4.74 Å². The second kappa shape index (κ2) is 7.44. The summed E-state index contributed by atoms with van der Waals surface area (Å²) < 4.78 is 5.21. The fourth-order valence-electron chi connectivity index (χ4n) is 2.63. The molecule has 7 nitrogen and oxygen atoms in total.